The lowest BCUT2D eigenvalue weighted by atomic mass is 9.92. The van der Waals surface area contributed by atoms with Crippen LogP contribution in [-0.2, 0) is 18.8 Å². The van der Waals surface area contributed by atoms with Crippen molar-refractivity contribution < 1.29 is 31.1 Å². The van der Waals surface area contributed by atoms with Gasteiger partial charge in [0, 0.05) is 43.8 Å². The number of benzene rings is 2. The standard InChI is InChI=1S/C28H34F6N2O/c1-37-26-10-6-5-9-24(26)25(36-15-13-35(14-16-36)23-7-3-2-4-8-23)12-11-20-17-21(27(29,30)31)19-22(18-20)28(32,33)34/h5-6,9-10,17-19,23,25H,2-4,7-8,11-16H2,1H3. The summed E-state index contributed by atoms with van der Waals surface area (Å²) >= 11 is 0. The monoisotopic (exact) mass is 528 g/mol. The Bertz CT molecular complexity index is 992. The molecule has 0 aromatic heterocycles. The third-order valence-electron chi connectivity index (χ3n) is 7.73. The minimum absolute atomic E-state index is 0.0305. The second-order valence-corrected chi connectivity index (χ2v) is 10.1. The lowest BCUT2D eigenvalue weighted by Gasteiger charge is -2.43. The van der Waals surface area contributed by atoms with E-state index < -0.39 is 23.5 Å². The van der Waals surface area contributed by atoms with E-state index in [0.29, 0.717) is 18.2 Å². The summed E-state index contributed by atoms with van der Waals surface area (Å²) in [6.07, 6.45) is -3.02. The van der Waals surface area contributed by atoms with Gasteiger partial charge in [-0.15, -0.1) is 0 Å². The van der Waals surface area contributed by atoms with Crippen molar-refractivity contribution in [2.24, 2.45) is 0 Å². The molecule has 2 aromatic rings. The van der Waals surface area contributed by atoms with Crippen LogP contribution in [0.2, 0.25) is 0 Å². The van der Waals surface area contributed by atoms with Crippen LogP contribution in [0, 0.1) is 0 Å². The van der Waals surface area contributed by atoms with Crippen molar-refractivity contribution >= 4 is 0 Å². The molecule has 0 radical (unpaired) electrons. The predicted molar refractivity (Wildman–Crippen MR) is 131 cm³/mol. The van der Waals surface area contributed by atoms with E-state index in [1.807, 2.05) is 24.3 Å². The molecule has 2 fully saturated rings. The Balaban J connectivity index is 1.56. The Labute approximate surface area is 214 Å². The summed E-state index contributed by atoms with van der Waals surface area (Å²) in [4.78, 5) is 4.84. The van der Waals surface area contributed by atoms with E-state index in [1.54, 1.807) is 7.11 Å². The molecule has 1 aliphatic carbocycles. The number of hydrogen-bond acceptors (Lipinski definition) is 3. The maximum Gasteiger partial charge on any atom is 0.416 e. The lowest BCUT2D eigenvalue weighted by Crippen LogP contribution is -2.51. The number of hydrogen-bond donors (Lipinski definition) is 0. The first kappa shape index (κ1) is 27.8. The summed E-state index contributed by atoms with van der Waals surface area (Å²) in [6, 6.07) is 9.80. The average molecular weight is 529 g/mol. The highest BCUT2D eigenvalue weighted by molar-refractivity contribution is 5.37. The van der Waals surface area contributed by atoms with Crippen molar-refractivity contribution in [1.82, 2.24) is 9.80 Å². The topological polar surface area (TPSA) is 15.7 Å². The Morgan fingerprint density at radius 2 is 1.43 bits per heavy atom. The molecular weight excluding hydrogens is 494 g/mol. The Morgan fingerprint density at radius 3 is 2.00 bits per heavy atom. The smallest absolute Gasteiger partial charge is 0.416 e. The molecule has 1 unspecified atom stereocenters. The van der Waals surface area contributed by atoms with E-state index in [9.17, 15) is 26.3 Å². The number of para-hydroxylation sites is 1. The van der Waals surface area contributed by atoms with E-state index in [1.165, 1.54) is 32.1 Å². The minimum Gasteiger partial charge on any atom is -0.496 e. The predicted octanol–water partition coefficient (Wildman–Crippen LogP) is 7.36. The van der Waals surface area contributed by atoms with Gasteiger partial charge >= 0.3 is 12.4 Å². The number of aryl methyl sites for hydroxylation is 1. The number of nitrogens with zero attached hydrogens (tertiary/aromatic N) is 2. The van der Waals surface area contributed by atoms with Crippen LogP contribution in [0.15, 0.2) is 42.5 Å². The molecule has 204 valence electrons. The highest BCUT2D eigenvalue weighted by Gasteiger charge is 2.37. The quantitative estimate of drug-likeness (QED) is 0.349. The minimum atomic E-state index is -4.85. The van der Waals surface area contributed by atoms with Gasteiger partial charge in [0.1, 0.15) is 5.75 Å². The van der Waals surface area contributed by atoms with Crippen LogP contribution in [-0.4, -0.2) is 49.1 Å². The molecular formula is C28H34F6N2O. The van der Waals surface area contributed by atoms with E-state index >= 15 is 0 Å². The Hall–Kier alpha value is -2.26. The van der Waals surface area contributed by atoms with Crippen molar-refractivity contribution in [2.75, 3.05) is 33.3 Å². The van der Waals surface area contributed by atoms with Crippen LogP contribution in [0.3, 0.4) is 0 Å². The van der Waals surface area contributed by atoms with Gasteiger partial charge in [-0.3, -0.25) is 9.80 Å². The first-order valence-electron chi connectivity index (χ1n) is 13.0. The summed E-state index contributed by atoms with van der Waals surface area (Å²) in [5.41, 5.74) is -1.61. The number of methoxy groups -OCH3 is 1. The van der Waals surface area contributed by atoms with Gasteiger partial charge in [0.05, 0.1) is 18.2 Å². The normalized spacial score (nSPS) is 19.6. The van der Waals surface area contributed by atoms with Gasteiger partial charge in [-0.1, -0.05) is 37.5 Å². The van der Waals surface area contributed by atoms with Gasteiger partial charge in [-0.05, 0) is 55.5 Å². The molecule has 1 saturated heterocycles. The van der Waals surface area contributed by atoms with E-state index in [4.69, 9.17) is 4.74 Å². The molecule has 1 saturated carbocycles. The maximum absolute atomic E-state index is 13.4. The number of ether oxygens (including phenoxy) is 1. The molecule has 0 spiro atoms. The Morgan fingerprint density at radius 1 is 0.838 bits per heavy atom. The highest BCUT2D eigenvalue weighted by Crippen LogP contribution is 2.38. The second kappa shape index (κ2) is 11.6. The zero-order valence-electron chi connectivity index (χ0n) is 21.0. The fraction of sp³-hybridized carbons (Fsp3) is 0.571. The molecule has 0 amide bonds. The number of piperazine rings is 1. The fourth-order valence-electron chi connectivity index (χ4n) is 5.80. The van der Waals surface area contributed by atoms with E-state index in [-0.39, 0.29) is 24.1 Å². The van der Waals surface area contributed by atoms with Crippen molar-refractivity contribution in [3.8, 4) is 5.75 Å². The van der Waals surface area contributed by atoms with Gasteiger partial charge in [0.15, 0.2) is 0 Å². The van der Waals surface area contributed by atoms with E-state index in [0.717, 1.165) is 43.9 Å². The zero-order chi connectivity index (χ0) is 26.6. The van der Waals surface area contributed by atoms with Crippen LogP contribution < -0.4 is 4.74 Å². The molecule has 1 aliphatic heterocycles. The Kier molecular flexibility index (Phi) is 8.74. The summed E-state index contributed by atoms with van der Waals surface area (Å²) in [5.74, 6) is 0.669. The van der Waals surface area contributed by atoms with Gasteiger partial charge in [0.2, 0.25) is 0 Å². The average Bonchev–Trinajstić information content (AvgIpc) is 2.89. The van der Waals surface area contributed by atoms with Gasteiger partial charge < -0.3 is 4.74 Å². The number of alkyl halides is 6. The molecule has 9 heteroatoms. The maximum atomic E-state index is 13.4. The van der Waals surface area contributed by atoms with Crippen LogP contribution in [0.5, 0.6) is 5.75 Å². The lowest BCUT2D eigenvalue weighted by molar-refractivity contribution is -0.143. The molecule has 2 aromatic carbocycles. The first-order valence-corrected chi connectivity index (χ1v) is 13.0. The number of halogens is 6. The number of rotatable bonds is 7. The summed E-state index contributed by atoms with van der Waals surface area (Å²) < 4.78 is 85.9. The first-order chi connectivity index (χ1) is 17.6. The van der Waals surface area contributed by atoms with Gasteiger partial charge in [-0.2, -0.15) is 26.3 Å². The zero-order valence-corrected chi connectivity index (χ0v) is 21.0. The molecule has 2 aliphatic rings. The molecule has 1 heterocycles. The highest BCUT2D eigenvalue weighted by atomic mass is 19.4. The molecule has 0 N–H and O–H groups in total. The van der Waals surface area contributed by atoms with Crippen LogP contribution in [0.25, 0.3) is 0 Å². The second-order valence-electron chi connectivity index (χ2n) is 10.1. The van der Waals surface area contributed by atoms with E-state index in [2.05, 4.69) is 9.80 Å². The SMILES string of the molecule is COc1ccccc1C(CCc1cc(C(F)(F)F)cc(C(F)(F)F)c1)N1CCN(C2CCCCC2)CC1. The summed E-state index contributed by atoms with van der Waals surface area (Å²) in [5, 5.41) is 0. The molecule has 37 heavy (non-hydrogen) atoms. The van der Waals surface area contributed by atoms with Crippen LogP contribution in [0.4, 0.5) is 26.3 Å². The molecule has 4 rings (SSSR count). The third kappa shape index (κ3) is 6.99. The van der Waals surface area contributed by atoms with Crippen molar-refractivity contribution in [3.05, 3.63) is 64.7 Å². The van der Waals surface area contributed by atoms with Gasteiger partial charge in [-0.25, -0.2) is 0 Å². The molecule has 0 bridgehead atoms. The summed E-state index contributed by atoms with van der Waals surface area (Å²) in [6.45, 7) is 3.38. The fourth-order valence-corrected chi connectivity index (χ4v) is 5.80. The molecule has 1 atom stereocenters. The van der Waals surface area contributed by atoms with Gasteiger partial charge in [0.25, 0.3) is 0 Å². The van der Waals surface area contributed by atoms with Crippen molar-refractivity contribution in [2.45, 2.75) is 69.4 Å². The summed E-state index contributed by atoms with van der Waals surface area (Å²) in [7, 11) is 1.57. The third-order valence-corrected chi connectivity index (χ3v) is 7.73. The molecule has 3 nitrogen and oxygen atoms in total. The largest absolute Gasteiger partial charge is 0.496 e. The van der Waals surface area contributed by atoms with Crippen LogP contribution >= 0.6 is 0 Å². The van der Waals surface area contributed by atoms with Crippen LogP contribution in [0.1, 0.15) is 66.8 Å². The van der Waals surface area contributed by atoms with Crippen molar-refractivity contribution in [3.63, 3.8) is 0 Å². The van der Waals surface area contributed by atoms with Crippen molar-refractivity contribution in [1.29, 1.82) is 0 Å².